The molecule has 0 saturated heterocycles. The average Bonchev–Trinajstić information content (AvgIpc) is 2.68. The lowest BCUT2D eigenvalue weighted by atomic mass is 10.1. The zero-order valence-electron chi connectivity index (χ0n) is 17.7. The molecule has 0 fully saturated rings. The molecule has 1 heterocycles. The first-order valence-corrected chi connectivity index (χ1v) is 10.4. The van der Waals surface area contributed by atoms with Gasteiger partial charge in [0.15, 0.2) is 0 Å². The maximum Gasteiger partial charge on any atom is 0.339 e. The van der Waals surface area contributed by atoms with Crippen LogP contribution in [0.15, 0.2) is 51.7 Å². The molecule has 0 atom stereocenters. The van der Waals surface area contributed by atoms with Crippen LogP contribution in [0.4, 0.5) is 0 Å². The summed E-state index contributed by atoms with van der Waals surface area (Å²) in [5.74, 6) is 0.738. The number of aryl methyl sites for hydroxylation is 1. The van der Waals surface area contributed by atoms with Gasteiger partial charge in [-0.1, -0.05) is 23.7 Å². The fourth-order valence-electron chi connectivity index (χ4n) is 3.39. The van der Waals surface area contributed by atoms with Gasteiger partial charge in [0.2, 0.25) is 0 Å². The zero-order valence-corrected chi connectivity index (χ0v) is 19.3. The second kappa shape index (κ2) is 11.4. The Labute approximate surface area is 189 Å². The molecule has 0 aliphatic heterocycles. The Morgan fingerprint density at radius 1 is 1.03 bits per heavy atom. The highest BCUT2D eigenvalue weighted by molar-refractivity contribution is 6.30. The summed E-state index contributed by atoms with van der Waals surface area (Å²) in [5.41, 5.74) is 3.15. The van der Waals surface area contributed by atoms with E-state index in [9.17, 15) is 4.79 Å². The maximum absolute atomic E-state index is 11.9. The molecule has 3 aromatic rings. The van der Waals surface area contributed by atoms with Crippen molar-refractivity contribution >= 4 is 35.0 Å². The van der Waals surface area contributed by atoms with E-state index in [0.717, 1.165) is 54.1 Å². The van der Waals surface area contributed by atoms with Crippen LogP contribution < -0.4 is 10.4 Å². The van der Waals surface area contributed by atoms with Gasteiger partial charge in [0.05, 0.1) is 6.61 Å². The third-order valence-corrected chi connectivity index (χ3v) is 5.46. The van der Waals surface area contributed by atoms with Crippen LogP contribution in [0.25, 0.3) is 11.0 Å². The maximum atomic E-state index is 11.9. The van der Waals surface area contributed by atoms with Gasteiger partial charge in [-0.15, -0.1) is 12.4 Å². The van der Waals surface area contributed by atoms with Crippen LogP contribution in [0.1, 0.15) is 36.0 Å². The Balaban J connectivity index is 0.00000320. The van der Waals surface area contributed by atoms with Crippen LogP contribution in [-0.4, -0.2) is 25.1 Å². The van der Waals surface area contributed by atoms with Crippen molar-refractivity contribution in [2.75, 3.05) is 20.2 Å². The molecule has 0 aliphatic rings. The molecule has 0 bridgehead atoms. The van der Waals surface area contributed by atoms with E-state index in [1.165, 1.54) is 5.56 Å². The van der Waals surface area contributed by atoms with Gasteiger partial charge in [-0.25, -0.2) is 4.79 Å². The second-order valence-corrected chi connectivity index (χ2v) is 8.01. The third kappa shape index (κ3) is 6.49. The van der Waals surface area contributed by atoms with Crippen molar-refractivity contribution in [3.8, 4) is 5.75 Å². The van der Waals surface area contributed by atoms with Crippen molar-refractivity contribution in [2.24, 2.45) is 0 Å². The van der Waals surface area contributed by atoms with E-state index in [2.05, 4.69) is 18.0 Å². The molecule has 0 spiro atoms. The predicted molar refractivity (Wildman–Crippen MR) is 126 cm³/mol. The number of benzene rings is 2. The summed E-state index contributed by atoms with van der Waals surface area (Å²) in [6.45, 7) is 6.32. The molecule has 162 valence electrons. The average molecular weight is 450 g/mol. The highest BCUT2D eigenvalue weighted by atomic mass is 35.5. The van der Waals surface area contributed by atoms with Crippen molar-refractivity contribution in [1.29, 1.82) is 0 Å². The van der Waals surface area contributed by atoms with Crippen LogP contribution >= 0.6 is 24.0 Å². The van der Waals surface area contributed by atoms with E-state index >= 15 is 0 Å². The first-order chi connectivity index (χ1) is 13.9. The van der Waals surface area contributed by atoms with Gasteiger partial charge in [-0.2, -0.15) is 0 Å². The highest BCUT2D eigenvalue weighted by Crippen LogP contribution is 2.24. The summed E-state index contributed by atoms with van der Waals surface area (Å²) in [4.78, 5) is 14.2. The first-order valence-electron chi connectivity index (χ1n) is 10.0. The van der Waals surface area contributed by atoms with Gasteiger partial charge in [0.25, 0.3) is 0 Å². The van der Waals surface area contributed by atoms with Crippen LogP contribution in [0, 0.1) is 13.8 Å². The van der Waals surface area contributed by atoms with Crippen LogP contribution in [0.5, 0.6) is 5.75 Å². The molecule has 0 N–H and O–H groups in total. The zero-order chi connectivity index (χ0) is 20.8. The second-order valence-electron chi connectivity index (χ2n) is 7.57. The molecule has 3 rings (SSSR count). The van der Waals surface area contributed by atoms with Crippen molar-refractivity contribution in [2.45, 2.75) is 39.7 Å². The number of nitrogens with zero attached hydrogens (tertiary/aromatic N) is 1. The smallest absolute Gasteiger partial charge is 0.339 e. The predicted octanol–water partition coefficient (Wildman–Crippen LogP) is 6.17. The Bertz CT molecular complexity index is 1030. The molecule has 0 radical (unpaired) electrons. The van der Waals surface area contributed by atoms with Crippen LogP contribution in [0.3, 0.4) is 0 Å². The number of hydrogen-bond donors (Lipinski definition) is 0. The first kappa shape index (κ1) is 24.3. The molecule has 0 unspecified atom stereocenters. The minimum atomic E-state index is -0.283. The van der Waals surface area contributed by atoms with Gasteiger partial charge in [0.1, 0.15) is 11.3 Å². The molecule has 0 aliphatic carbocycles. The summed E-state index contributed by atoms with van der Waals surface area (Å²) in [6, 6.07) is 13.7. The van der Waals surface area contributed by atoms with E-state index in [4.69, 9.17) is 20.8 Å². The van der Waals surface area contributed by atoms with Crippen molar-refractivity contribution < 1.29 is 9.15 Å². The standard InChI is InChI=1S/C24H28ClNO3.ClH/c1-17-18(2)24(27)29-23-15-21(10-11-22(17)23)28-13-6-4-5-12-26(3)16-19-8-7-9-20(25)14-19;/h7-11,14-15H,4-6,12-13,16H2,1-3H3;1H. The van der Waals surface area contributed by atoms with E-state index < -0.39 is 0 Å². The molecule has 4 nitrogen and oxygen atoms in total. The molecule has 2 aromatic carbocycles. The van der Waals surface area contributed by atoms with Crippen molar-refractivity contribution in [3.63, 3.8) is 0 Å². The van der Waals surface area contributed by atoms with Gasteiger partial charge in [-0.3, -0.25) is 0 Å². The Morgan fingerprint density at radius 2 is 1.83 bits per heavy atom. The van der Waals surface area contributed by atoms with Crippen molar-refractivity contribution in [1.82, 2.24) is 4.90 Å². The van der Waals surface area contributed by atoms with E-state index in [0.29, 0.717) is 17.8 Å². The van der Waals surface area contributed by atoms with E-state index in [1.807, 2.05) is 43.3 Å². The SMILES string of the molecule is Cc1c(C)c2ccc(OCCCCCN(C)Cc3cccc(Cl)c3)cc2oc1=O.Cl. The van der Waals surface area contributed by atoms with Gasteiger partial charge >= 0.3 is 5.63 Å². The fraction of sp³-hybridized carbons (Fsp3) is 0.375. The Morgan fingerprint density at radius 3 is 2.60 bits per heavy atom. The molecular formula is C24H29Cl2NO3. The molecule has 30 heavy (non-hydrogen) atoms. The lowest BCUT2D eigenvalue weighted by molar-refractivity contribution is 0.287. The minimum absolute atomic E-state index is 0. The van der Waals surface area contributed by atoms with E-state index in [1.54, 1.807) is 6.92 Å². The molecular weight excluding hydrogens is 421 g/mol. The minimum Gasteiger partial charge on any atom is -0.493 e. The van der Waals surface area contributed by atoms with Crippen molar-refractivity contribution in [3.05, 3.63) is 74.6 Å². The number of unbranched alkanes of at least 4 members (excludes halogenated alkanes) is 2. The van der Waals surface area contributed by atoms with Crippen LogP contribution in [0.2, 0.25) is 5.02 Å². The Hall–Kier alpha value is -2.01. The lowest BCUT2D eigenvalue weighted by Gasteiger charge is -2.16. The monoisotopic (exact) mass is 449 g/mol. The summed E-state index contributed by atoms with van der Waals surface area (Å²) < 4.78 is 11.2. The summed E-state index contributed by atoms with van der Waals surface area (Å²) in [7, 11) is 2.13. The van der Waals surface area contributed by atoms with Gasteiger partial charge in [0, 0.05) is 28.6 Å². The quantitative estimate of drug-likeness (QED) is 0.289. The summed E-state index contributed by atoms with van der Waals surface area (Å²) >= 11 is 6.04. The molecule has 6 heteroatoms. The summed E-state index contributed by atoms with van der Waals surface area (Å²) in [6.07, 6.45) is 3.20. The normalized spacial score (nSPS) is 11.0. The largest absolute Gasteiger partial charge is 0.493 e. The molecule has 1 aromatic heterocycles. The number of rotatable bonds is 9. The van der Waals surface area contributed by atoms with Gasteiger partial charge in [-0.05, 0) is 82.1 Å². The Kier molecular flexibility index (Phi) is 9.22. The van der Waals surface area contributed by atoms with Crippen LogP contribution in [-0.2, 0) is 6.54 Å². The highest BCUT2D eigenvalue weighted by Gasteiger charge is 2.08. The number of hydrogen-bond acceptors (Lipinski definition) is 4. The number of halogens is 2. The summed E-state index contributed by atoms with van der Waals surface area (Å²) in [5, 5.41) is 1.74. The number of ether oxygens (including phenoxy) is 1. The molecule has 0 amide bonds. The topological polar surface area (TPSA) is 42.7 Å². The molecule has 0 saturated carbocycles. The number of fused-ring (bicyclic) bond motifs is 1. The van der Waals surface area contributed by atoms with Gasteiger partial charge < -0.3 is 14.1 Å². The van der Waals surface area contributed by atoms with E-state index in [-0.39, 0.29) is 18.0 Å². The fourth-order valence-corrected chi connectivity index (χ4v) is 3.61. The third-order valence-electron chi connectivity index (χ3n) is 5.22. The lowest BCUT2D eigenvalue weighted by Crippen LogP contribution is -2.19.